The van der Waals surface area contributed by atoms with Crippen molar-refractivity contribution in [2.24, 2.45) is 0 Å². The zero-order valence-electron chi connectivity index (χ0n) is 13.8. The summed E-state index contributed by atoms with van der Waals surface area (Å²) in [7, 11) is 0. The Kier molecular flexibility index (Phi) is 4.57. The molecule has 3 N–H and O–H groups in total. The van der Waals surface area contributed by atoms with Gasteiger partial charge in [0.25, 0.3) is 5.91 Å². The number of fused-ring (bicyclic) bond motifs is 1. The third-order valence-electron chi connectivity index (χ3n) is 3.88. The van der Waals surface area contributed by atoms with Gasteiger partial charge in [0.2, 0.25) is 0 Å². The molecule has 1 aromatic heterocycles. The Morgan fingerprint density at radius 3 is 2.80 bits per heavy atom. The van der Waals surface area contributed by atoms with E-state index in [2.05, 4.69) is 21.6 Å². The lowest BCUT2D eigenvalue weighted by atomic mass is 10.00. The first-order valence-corrected chi connectivity index (χ1v) is 7.99. The Bertz CT molecular complexity index is 991. The zero-order valence-corrected chi connectivity index (χ0v) is 13.8. The molecule has 0 unspecified atom stereocenters. The highest BCUT2D eigenvalue weighted by atomic mass is 16.1. The van der Waals surface area contributed by atoms with E-state index in [1.165, 1.54) is 0 Å². The molecule has 0 aliphatic heterocycles. The molecule has 1 heterocycles. The summed E-state index contributed by atoms with van der Waals surface area (Å²) in [5.41, 5.74) is 9.43. The molecule has 0 saturated carbocycles. The van der Waals surface area contributed by atoms with E-state index in [0.29, 0.717) is 28.7 Å². The SMILES string of the molecule is CCCNC(=O)c1nnc2c(-c3cccc(C#N)c3)cccc2c1N. The number of amides is 1. The number of anilines is 1. The fourth-order valence-corrected chi connectivity index (χ4v) is 2.63. The average molecular weight is 331 g/mol. The fourth-order valence-electron chi connectivity index (χ4n) is 2.63. The van der Waals surface area contributed by atoms with Gasteiger partial charge in [0.15, 0.2) is 5.69 Å². The van der Waals surface area contributed by atoms with E-state index in [9.17, 15) is 4.79 Å². The van der Waals surface area contributed by atoms with Gasteiger partial charge in [-0.3, -0.25) is 4.79 Å². The number of hydrogen-bond donors (Lipinski definition) is 2. The number of hydrogen-bond acceptors (Lipinski definition) is 5. The molecule has 0 saturated heterocycles. The minimum absolute atomic E-state index is 0.129. The first-order chi connectivity index (χ1) is 12.2. The van der Waals surface area contributed by atoms with Crippen LogP contribution in [0, 0.1) is 11.3 Å². The lowest BCUT2D eigenvalue weighted by Gasteiger charge is -2.10. The van der Waals surface area contributed by atoms with E-state index in [4.69, 9.17) is 11.0 Å². The van der Waals surface area contributed by atoms with Crippen molar-refractivity contribution in [1.29, 1.82) is 5.26 Å². The van der Waals surface area contributed by atoms with Crippen molar-refractivity contribution in [2.75, 3.05) is 12.3 Å². The number of nitrogens with one attached hydrogen (secondary N) is 1. The second-order valence-corrected chi connectivity index (χ2v) is 5.61. The van der Waals surface area contributed by atoms with Crippen LogP contribution in [0.5, 0.6) is 0 Å². The Morgan fingerprint density at radius 2 is 2.04 bits per heavy atom. The largest absolute Gasteiger partial charge is 0.396 e. The molecule has 0 atom stereocenters. The maximum absolute atomic E-state index is 12.2. The molecule has 0 radical (unpaired) electrons. The molecule has 2 aromatic carbocycles. The van der Waals surface area contributed by atoms with Crippen LogP contribution < -0.4 is 11.1 Å². The number of nitriles is 1. The maximum atomic E-state index is 12.2. The molecule has 0 bridgehead atoms. The normalized spacial score (nSPS) is 10.4. The van der Waals surface area contributed by atoms with Crippen LogP contribution in [-0.2, 0) is 0 Å². The van der Waals surface area contributed by atoms with Gasteiger partial charge in [-0.1, -0.05) is 37.3 Å². The van der Waals surface area contributed by atoms with Gasteiger partial charge >= 0.3 is 0 Å². The highest BCUT2D eigenvalue weighted by Crippen LogP contribution is 2.31. The third-order valence-corrected chi connectivity index (χ3v) is 3.88. The molecule has 3 aromatic rings. The van der Waals surface area contributed by atoms with Crippen molar-refractivity contribution in [3.05, 3.63) is 53.7 Å². The number of carbonyl (C=O) groups is 1. The van der Waals surface area contributed by atoms with Crippen LogP contribution in [0.25, 0.3) is 22.0 Å². The van der Waals surface area contributed by atoms with Crippen molar-refractivity contribution >= 4 is 22.5 Å². The van der Waals surface area contributed by atoms with Crippen molar-refractivity contribution in [3.63, 3.8) is 0 Å². The standard InChI is InChI=1S/C19H17N5O/c1-2-9-22-19(25)18-16(21)15-8-4-7-14(17(15)23-24-18)13-6-3-5-12(10-13)11-20/h3-8,10H,2,9H2,1H3,(H2,21,23)(H,22,25). The van der Waals surface area contributed by atoms with Gasteiger partial charge in [0.1, 0.15) is 5.52 Å². The summed E-state index contributed by atoms with van der Waals surface area (Å²) in [5, 5.41) is 20.8. The van der Waals surface area contributed by atoms with Crippen molar-refractivity contribution in [2.45, 2.75) is 13.3 Å². The molecular weight excluding hydrogens is 314 g/mol. The molecule has 0 aliphatic rings. The van der Waals surface area contributed by atoms with Gasteiger partial charge in [0.05, 0.1) is 17.3 Å². The summed E-state index contributed by atoms with van der Waals surface area (Å²) >= 11 is 0. The van der Waals surface area contributed by atoms with Gasteiger partial charge in [-0.05, 0) is 24.1 Å². The van der Waals surface area contributed by atoms with Gasteiger partial charge < -0.3 is 11.1 Å². The van der Waals surface area contributed by atoms with E-state index in [1.54, 1.807) is 12.1 Å². The van der Waals surface area contributed by atoms with Crippen LogP contribution in [-0.4, -0.2) is 22.6 Å². The molecule has 1 amide bonds. The number of benzene rings is 2. The highest BCUT2D eigenvalue weighted by Gasteiger charge is 2.17. The Hall–Kier alpha value is -3.46. The summed E-state index contributed by atoms with van der Waals surface area (Å²) in [4.78, 5) is 12.2. The number of carbonyl (C=O) groups excluding carboxylic acids is 1. The van der Waals surface area contributed by atoms with Crippen LogP contribution in [0.3, 0.4) is 0 Å². The van der Waals surface area contributed by atoms with E-state index >= 15 is 0 Å². The monoisotopic (exact) mass is 331 g/mol. The molecule has 6 heteroatoms. The minimum Gasteiger partial charge on any atom is -0.396 e. The highest BCUT2D eigenvalue weighted by molar-refractivity contribution is 6.07. The predicted octanol–water partition coefficient (Wildman–Crippen LogP) is 2.89. The summed E-state index contributed by atoms with van der Waals surface area (Å²) in [5.74, 6) is -0.328. The first kappa shape index (κ1) is 16.4. The predicted molar refractivity (Wildman–Crippen MR) is 96.7 cm³/mol. The third kappa shape index (κ3) is 3.12. The van der Waals surface area contributed by atoms with Crippen LogP contribution in [0.15, 0.2) is 42.5 Å². The number of nitrogens with two attached hydrogens (primary N) is 1. The minimum atomic E-state index is -0.328. The van der Waals surface area contributed by atoms with Gasteiger partial charge in [-0.25, -0.2) is 0 Å². The van der Waals surface area contributed by atoms with Crippen molar-refractivity contribution in [1.82, 2.24) is 15.5 Å². The second kappa shape index (κ2) is 6.97. The number of nitrogens with zero attached hydrogens (tertiary/aromatic N) is 3. The molecule has 25 heavy (non-hydrogen) atoms. The second-order valence-electron chi connectivity index (χ2n) is 5.61. The summed E-state index contributed by atoms with van der Waals surface area (Å²) in [6.45, 7) is 2.52. The van der Waals surface area contributed by atoms with Gasteiger partial charge in [0, 0.05) is 17.5 Å². The molecule has 124 valence electrons. The lowest BCUT2D eigenvalue weighted by molar-refractivity contribution is 0.0949. The molecule has 6 nitrogen and oxygen atoms in total. The summed E-state index contributed by atoms with van der Waals surface area (Å²) < 4.78 is 0. The first-order valence-electron chi connectivity index (χ1n) is 7.99. The van der Waals surface area contributed by atoms with E-state index in [-0.39, 0.29) is 11.6 Å². The van der Waals surface area contributed by atoms with E-state index in [0.717, 1.165) is 17.5 Å². The zero-order chi connectivity index (χ0) is 17.8. The van der Waals surface area contributed by atoms with Crippen LogP contribution >= 0.6 is 0 Å². The van der Waals surface area contributed by atoms with Gasteiger partial charge in [-0.15, -0.1) is 10.2 Å². The number of rotatable bonds is 4. The van der Waals surface area contributed by atoms with Crippen molar-refractivity contribution < 1.29 is 4.79 Å². The lowest BCUT2D eigenvalue weighted by Crippen LogP contribution is -2.26. The van der Waals surface area contributed by atoms with Crippen LogP contribution in [0.2, 0.25) is 0 Å². The van der Waals surface area contributed by atoms with Crippen LogP contribution in [0.4, 0.5) is 5.69 Å². The number of aromatic nitrogens is 2. The van der Waals surface area contributed by atoms with Crippen LogP contribution in [0.1, 0.15) is 29.4 Å². The topological polar surface area (TPSA) is 105 Å². The smallest absolute Gasteiger partial charge is 0.273 e. The average Bonchev–Trinajstić information content (AvgIpc) is 2.66. The Morgan fingerprint density at radius 1 is 1.24 bits per heavy atom. The fraction of sp³-hybridized carbons (Fsp3) is 0.158. The molecule has 0 aliphatic carbocycles. The summed E-state index contributed by atoms with van der Waals surface area (Å²) in [6.07, 6.45) is 0.825. The molecular formula is C19H17N5O. The molecule has 0 fully saturated rings. The number of nitrogen functional groups attached to an aromatic ring is 1. The quantitative estimate of drug-likeness (QED) is 0.765. The maximum Gasteiger partial charge on any atom is 0.273 e. The molecule has 3 rings (SSSR count). The van der Waals surface area contributed by atoms with Gasteiger partial charge in [-0.2, -0.15) is 5.26 Å². The van der Waals surface area contributed by atoms with Crippen molar-refractivity contribution in [3.8, 4) is 17.2 Å². The van der Waals surface area contributed by atoms with E-state index in [1.807, 2.05) is 37.3 Å². The summed E-state index contributed by atoms with van der Waals surface area (Å²) in [6, 6.07) is 14.9. The Labute approximate surface area is 145 Å². The van der Waals surface area contributed by atoms with E-state index < -0.39 is 0 Å². The Balaban J connectivity index is 2.13. The molecule has 0 spiro atoms.